The van der Waals surface area contributed by atoms with Crippen molar-refractivity contribution in [3.8, 4) is 6.07 Å². The topological polar surface area (TPSA) is 126 Å². The maximum atomic E-state index is 15.0. The molecule has 1 amide bonds. The van der Waals surface area contributed by atoms with Crippen molar-refractivity contribution in [1.29, 1.82) is 5.26 Å². The predicted octanol–water partition coefficient (Wildman–Crippen LogP) is 5.33. The molecule has 0 aliphatic rings. The first-order valence-electron chi connectivity index (χ1n) is 12.7. The van der Waals surface area contributed by atoms with E-state index in [-0.39, 0.29) is 29.3 Å². The number of fused-ring (bicyclic) bond motifs is 1. The third kappa shape index (κ3) is 7.32. The molecular weight excluding hydrogens is 489 g/mol. The molecule has 204 valence electrons. The fourth-order valence-electron chi connectivity index (χ4n) is 4.04. The van der Waals surface area contributed by atoms with Crippen LogP contribution in [0.1, 0.15) is 53.0 Å². The first-order chi connectivity index (χ1) is 18.1. The summed E-state index contributed by atoms with van der Waals surface area (Å²) in [6.07, 6.45) is 2.38. The Morgan fingerprint density at radius 2 is 1.92 bits per heavy atom. The molecule has 10 nitrogen and oxygen atoms in total. The van der Waals surface area contributed by atoms with E-state index in [4.69, 9.17) is 9.47 Å². The summed E-state index contributed by atoms with van der Waals surface area (Å²) in [6.45, 7) is 10.4. The number of methoxy groups -OCH3 is 1. The number of nitrogens with zero attached hydrogens (tertiary/aromatic N) is 4. The van der Waals surface area contributed by atoms with Crippen LogP contribution in [-0.4, -0.2) is 52.3 Å². The second kappa shape index (κ2) is 12.6. The number of alkyl carbamates (subject to hydrolysis) is 1. The number of nitriles is 1. The highest BCUT2D eigenvalue weighted by Gasteiger charge is 2.25. The van der Waals surface area contributed by atoms with Crippen molar-refractivity contribution in [2.45, 2.75) is 71.7 Å². The lowest BCUT2D eigenvalue weighted by Crippen LogP contribution is -2.48. The fraction of sp³-hybridized carbons (Fsp3) is 0.481. The molecule has 0 radical (unpaired) electrons. The number of nitrogens with one attached hydrogen (secondary N) is 3. The Morgan fingerprint density at radius 3 is 2.55 bits per heavy atom. The minimum absolute atomic E-state index is 0.0174. The van der Waals surface area contributed by atoms with Gasteiger partial charge < -0.3 is 25.4 Å². The number of ether oxygens (including phenoxy) is 2. The van der Waals surface area contributed by atoms with Gasteiger partial charge >= 0.3 is 6.09 Å². The van der Waals surface area contributed by atoms with Crippen molar-refractivity contribution >= 4 is 34.3 Å². The van der Waals surface area contributed by atoms with Crippen LogP contribution in [-0.2, 0) is 16.0 Å². The molecule has 0 bridgehead atoms. The van der Waals surface area contributed by atoms with Crippen molar-refractivity contribution in [2.75, 3.05) is 24.4 Å². The van der Waals surface area contributed by atoms with Crippen LogP contribution in [0.15, 0.2) is 30.5 Å². The van der Waals surface area contributed by atoms with Gasteiger partial charge in [-0.2, -0.15) is 10.4 Å². The third-order valence-electron chi connectivity index (χ3n) is 5.90. The highest BCUT2D eigenvalue weighted by Crippen LogP contribution is 2.27. The minimum atomic E-state index is -0.660. The molecule has 3 aromatic rings. The van der Waals surface area contributed by atoms with Crippen LogP contribution >= 0.6 is 0 Å². The number of pyridine rings is 1. The van der Waals surface area contributed by atoms with E-state index in [1.54, 1.807) is 34.1 Å². The van der Waals surface area contributed by atoms with Gasteiger partial charge in [0.05, 0.1) is 36.5 Å². The number of carbonyl (C=O) groups excluding carboxylic acids is 1. The SMILES string of the molecule is CC[C@H](NC(=O)OC(C)(C)C)[C@@H](CC)Nc1nc(Nc2ccc3c(cnn3CCOC)c2)c(C#N)cc1F. The summed E-state index contributed by atoms with van der Waals surface area (Å²) in [6, 6.07) is 8.13. The van der Waals surface area contributed by atoms with Crippen LogP contribution in [0.2, 0.25) is 0 Å². The van der Waals surface area contributed by atoms with Crippen molar-refractivity contribution in [1.82, 2.24) is 20.1 Å². The number of amides is 1. The lowest BCUT2D eigenvalue weighted by atomic mass is 10.0. The molecule has 38 heavy (non-hydrogen) atoms. The molecule has 0 spiro atoms. The number of benzene rings is 1. The minimum Gasteiger partial charge on any atom is -0.444 e. The summed E-state index contributed by atoms with van der Waals surface area (Å²) in [5.41, 5.74) is 1.05. The van der Waals surface area contributed by atoms with Gasteiger partial charge in [0.15, 0.2) is 17.5 Å². The van der Waals surface area contributed by atoms with Crippen LogP contribution < -0.4 is 16.0 Å². The van der Waals surface area contributed by atoms with E-state index in [9.17, 15) is 14.4 Å². The summed E-state index contributed by atoms with van der Waals surface area (Å²) >= 11 is 0. The summed E-state index contributed by atoms with van der Waals surface area (Å²) < 4.78 is 27.3. The molecule has 2 atom stereocenters. The largest absolute Gasteiger partial charge is 0.444 e. The predicted molar refractivity (Wildman–Crippen MR) is 145 cm³/mol. The Kier molecular flexibility index (Phi) is 9.47. The van der Waals surface area contributed by atoms with Gasteiger partial charge in [-0.3, -0.25) is 4.68 Å². The highest BCUT2D eigenvalue weighted by molar-refractivity contribution is 5.83. The number of hydrogen-bond donors (Lipinski definition) is 3. The number of halogens is 1. The van der Waals surface area contributed by atoms with E-state index in [0.29, 0.717) is 31.7 Å². The molecule has 0 aliphatic heterocycles. The van der Waals surface area contributed by atoms with E-state index in [0.717, 1.165) is 17.0 Å². The van der Waals surface area contributed by atoms with Gasteiger partial charge in [-0.1, -0.05) is 13.8 Å². The summed E-state index contributed by atoms with van der Waals surface area (Å²) in [5, 5.41) is 24.0. The zero-order valence-electron chi connectivity index (χ0n) is 22.8. The van der Waals surface area contributed by atoms with Crippen LogP contribution in [0.5, 0.6) is 0 Å². The molecule has 3 rings (SSSR count). The van der Waals surface area contributed by atoms with E-state index in [2.05, 4.69) is 26.0 Å². The Labute approximate surface area is 222 Å². The standard InChI is InChI=1S/C27H36FN7O3/c1-7-21(22(8-2)33-26(36)38-27(3,4)5)32-25-20(28)14-17(15-29)24(34-25)31-19-9-10-23-18(13-19)16-30-35(23)11-12-37-6/h9-10,13-14,16,21-22H,7-8,11-12H2,1-6H3,(H,33,36)(H2,31,32,34)/t21-,22+/m1/s1. The zero-order valence-corrected chi connectivity index (χ0v) is 22.8. The quantitative estimate of drug-likeness (QED) is 0.307. The number of aromatic nitrogens is 3. The van der Waals surface area contributed by atoms with Crippen LogP contribution in [0, 0.1) is 17.1 Å². The van der Waals surface area contributed by atoms with Crippen molar-refractivity contribution in [3.05, 3.63) is 41.8 Å². The fourth-order valence-corrected chi connectivity index (χ4v) is 4.04. The monoisotopic (exact) mass is 525 g/mol. The zero-order chi connectivity index (χ0) is 27.9. The van der Waals surface area contributed by atoms with Gasteiger partial charge in [0.2, 0.25) is 0 Å². The van der Waals surface area contributed by atoms with Gasteiger partial charge in [0.25, 0.3) is 0 Å². The summed E-state index contributed by atoms with van der Waals surface area (Å²) in [4.78, 5) is 16.8. The van der Waals surface area contributed by atoms with Crippen LogP contribution in [0.3, 0.4) is 0 Å². The van der Waals surface area contributed by atoms with E-state index < -0.39 is 17.5 Å². The van der Waals surface area contributed by atoms with Crippen molar-refractivity contribution in [2.24, 2.45) is 0 Å². The molecular formula is C27H36FN7O3. The number of carbonyl (C=O) groups is 1. The Balaban J connectivity index is 1.83. The third-order valence-corrected chi connectivity index (χ3v) is 5.90. The Hall–Kier alpha value is -3.91. The first kappa shape index (κ1) is 28.7. The summed E-state index contributed by atoms with van der Waals surface area (Å²) in [5.74, 6) is -0.464. The van der Waals surface area contributed by atoms with Gasteiger partial charge in [-0.15, -0.1) is 0 Å². The van der Waals surface area contributed by atoms with E-state index >= 15 is 0 Å². The van der Waals surface area contributed by atoms with Gasteiger partial charge in [-0.05, 0) is 57.9 Å². The van der Waals surface area contributed by atoms with Crippen molar-refractivity contribution < 1.29 is 18.7 Å². The van der Waals surface area contributed by atoms with Gasteiger partial charge in [-0.25, -0.2) is 14.2 Å². The molecule has 2 aromatic heterocycles. The molecule has 0 unspecified atom stereocenters. The molecule has 1 aromatic carbocycles. The average Bonchev–Trinajstić information content (AvgIpc) is 3.27. The normalized spacial score (nSPS) is 13.0. The number of hydrogen-bond acceptors (Lipinski definition) is 8. The average molecular weight is 526 g/mol. The molecule has 0 saturated heterocycles. The van der Waals surface area contributed by atoms with E-state index in [1.807, 2.05) is 42.8 Å². The molecule has 0 aliphatic carbocycles. The molecule has 0 saturated carbocycles. The maximum Gasteiger partial charge on any atom is 0.407 e. The summed E-state index contributed by atoms with van der Waals surface area (Å²) in [7, 11) is 1.64. The highest BCUT2D eigenvalue weighted by atomic mass is 19.1. The molecule has 11 heteroatoms. The lowest BCUT2D eigenvalue weighted by molar-refractivity contribution is 0.0496. The second-order valence-electron chi connectivity index (χ2n) is 9.91. The Bertz CT molecular complexity index is 1300. The van der Waals surface area contributed by atoms with Gasteiger partial charge in [0.1, 0.15) is 11.7 Å². The van der Waals surface area contributed by atoms with Crippen LogP contribution in [0.4, 0.5) is 26.5 Å². The molecule has 0 fully saturated rings. The number of rotatable bonds is 11. The maximum absolute atomic E-state index is 15.0. The van der Waals surface area contributed by atoms with Crippen molar-refractivity contribution in [3.63, 3.8) is 0 Å². The number of anilines is 3. The van der Waals surface area contributed by atoms with Gasteiger partial charge in [0, 0.05) is 24.2 Å². The van der Waals surface area contributed by atoms with Crippen LogP contribution in [0.25, 0.3) is 10.9 Å². The molecule has 2 heterocycles. The first-order valence-corrected chi connectivity index (χ1v) is 12.7. The Morgan fingerprint density at radius 1 is 1.18 bits per heavy atom. The second-order valence-corrected chi connectivity index (χ2v) is 9.91. The molecule has 3 N–H and O–H groups in total. The smallest absolute Gasteiger partial charge is 0.407 e. The van der Waals surface area contributed by atoms with E-state index in [1.165, 1.54) is 0 Å². The lowest BCUT2D eigenvalue weighted by Gasteiger charge is -2.29.